The van der Waals surface area contributed by atoms with Gasteiger partial charge in [0.15, 0.2) is 6.61 Å². The molecule has 0 heterocycles. The molecular weight excluding hydrogens is 354 g/mol. The fourth-order valence-corrected chi connectivity index (χ4v) is 2.98. The van der Waals surface area contributed by atoms with Crippen LogP contribution >= 0.6 is 0 Å². The number of rotatable bonds is 8. The zero-order chi connectivity index (χ0) is 20.1. The molecule has 3 rings (SSSR count). The van der Waals surface area contributed by atoms with Gasteiger partial charge >= 0.3 is 5.97 Å². The van der Waals surface area contributed by atoms with E-state index in [1.807, 2.05) is 32.0 Å². The Labute approximate surface area is 165 Å². The van der Waals surface area contributed by atoms with E-state index >= 15 is 0 Å². The number of hydrogen-bond acceptors (Lipinski definition) is 4. The van der Waals surface area contributed by atoms with Crippen LogP contribution in [0.3, 0.4) is 0 Å². The Hall–Kier alpha value is -2.95. The Morgan fingerprint density at radius 3 is 2.32 bits per heavy atom. The number of Topliss-reactive ketones (excluding diaryl/α,β-unsaturated/α-hetero) is 1. The van der Waals surface area contributed by atoms with Gasteiger partial charge in [0.25, 0.3) is 0 Å². The highest BCUT2D eigenvalue weighted by atomic mass is 16.5. The van der Waals surface area contributed by atoms with E-state index in [9.17, 15) is 14.4 Å². The second-order valence-electron chi connectivity index (χ2n) is 7.04. The molecule has 0 radical (unpaired) electrons. The first kappa shape index (κ1) is 19.8. The predicted molar refractivity (Wildman–Crippen MR) is 108 cm³/mol. The summed E-state index contributed by atoms with van der Waals surface area (Å²) in [4.78, 5) is 36.6. The lowest BCUT2D eigenvalue weighted by molar-refractivity contribution is -0.117. The van der Waals surface area contributed by atoms with Gasteiger partial charge < -0.3 is 10.1 Å². The molecule has 2 aromatic carbocycles. The summed E-state index contributed by atoms with van der Waals surface area (Å²) in [6.07, 6.45) is 3.46. The number of benzene rings is 2. The largest absolute Gasteiger partial charge is 0.454 e. The van der Waals surface area contributed by atoms with E-state index in [0.29, 0.717) is 16.8 Å². The zero-order valence-electron chi connectivity index (χ0n) is 16.3. The normalized spacial score (nSPS) is 13.1. The minimum atomic E-state index is -0.557. The van der Waals surface area contributed by atoms with E-state index < -0.39 is 5.97 Å². The second-order valence-corrected chi connectivity index (χ2v) is 7.04. The van der Waals surface area contributed by atoms with Gasteiger partial charge in [-0.25, -0.2) is 4.79 Å². The quantitative estimate of drug-likeness (QED) is 0.551. The van der Waals surface area contributed by atoms with Crippen LogP contribution in [0.25, 0.3) is 0 Å². The molecule has 146 valence electrons. The van der Waals surface area contributed by atoms with Crippen molar-refractivity contribution >= 4 is 23.3 Å². The number of aryl methyl sites for hydroxylation is 2. The molecule has 5 nitrogen and oxygen atoms in total. The van der Waals surface area contributed by atoms with E-state index in [4.69, 9.17) is 4.74 Å². The van der Waals surface area contributed by atoms with Gasteiger partial charge in [0.1, 0.15) is 0 Å². The van der Waals surface area contributed by atoms with Gasteiger partial charge in [-0.05, 0) is 67.1 Å². The number of hydrogen-bond donors (Lipinski definition) is 1. The highest BCUT2D eigenvalue weighted by Gasteiger charge is 2.29. The SMILES string of the molecule is CCc1ccc(CC)c(C(=O)COC(=O)c2ccc(NC(=O)C3CC3)cc2)c1. The fraction of sp³-hybridized carbons (Fsp3) is 0.348. The van der Waals surface area contributed by atoms with E-state index in [1.54, 1.807) is 24.3 Å². The molecule has 0 aromatic heterocycles. The average Bonchev–Trinajstić information content (AvgIpc) is 3.57. The first-order valence-electron chi connectivity index (χ1n) is 9.74. The molecule has 5 heteroatoms. The third kappa shape index (κ3) is 4.85. The molecule has 1 saturated carbocycles. The van der Waals surface area contributed by atoms with Gasteiger partial charge in [-0.2, -0.15) is 0 Å². The Balaban J connectivity index is 1.59. The second kappa shape index (κ2) is 8.83. The van der Waals surface area contributed by atoms with E-state index in [1.165, 1.54) is 0 Å². The summed E-state index contributed by atoms with van der Waals surface area (Å²) in [6.45, 7) is 3.73. The van der Waals surface area contributed by atoms with Crippen LogP contribution in [0, 0.1) is 5.92 Å². The van der Waals surface area contributed by atoms with Gasteiger partial charge in [-0.15, -0.1) is 0 Å². The molecule has 1 aliphatic rings. The topological polar surface area (TPSA) is 72.5 Å². The molecule has 0 spiro atoms. The molecule has 0 bridgehead atoms. The highest BCUT2D eigenvalue weighted by molar-refractivity contribution is 6.01. The maximum Gasteiger partial charge on any atom is 0.338 e. The van der Waals surface area contributed by atoms with Crippen LogP contribution in [-0.4, -0.2) is 24.3 Å². The Morgan fingerprint density at radius 2 is 1.71 bits per heavy atom. The number of ketones is 1. The summed E-state index contributed by atoms with van der Waals surface area (Å²) in [5, 5.41) is 2.82. The molecule has 28 heavy (non-hydrogen) atoms. The smallest absolute Gasteiger partial charge is 0.338 e. The minimum absolute atomic E-state index is 0.0157. The third-order valence-electron chi connectivity index (χ3n) is 4.93. The lowest BCUT2D eigenvalue weighted by Gasteiger charge is -2.10. The van der Waals surface area contributed by atoms with Gasteiger partial charge in [-0.1, -0.05) is 26.0 Å². The van der Waals surface area contributed by atoms with Crippen molar-refractivity contribution in [3.63, 3.8) is 0 Å². The van der Waals surface area contributed by atoms with Gasteiger partial charge in [0.2, 0.25) is 11.7 Å². The lowest BCUT2D eigenvalue weighted by Crippen LogP contribution is -2.16. The van der Waals surface area contributed by atoms with Crippen LogP contribution in [0.1, 0.15) is 58.5 Å². The number of carbonyl (C=O) groups is 3. The zero-order valence-corrected chi connectivity index (χ0v) is 16.3. The molecular formula is C23H25NO4. The van der Waals surface area contributed by atoms with E-state index in [0.717, 1.165) is 36.8 Å². The molecule has 1 N–H and O–H groups in total. The van der Waals surface area contributed by atoms with Crippen LogP contribution in [0.15, 0.2) is 42.5 Å². The monoisotopic (exact) mass is 379 g/mol. The molecule has 0 atom stereocenters. The summed E-state index contributed by atoms with van der Waals surface area (Å²) < 4.78 is 5.21. The van der Waals surface area contributed by atoms with Crippen LogP contribution in [0.2, 0.25) is 0 Å². The number of carbonyl (C=O) groups excluding carboxylic acids is 3. The Kier molecular flexibility index (Phi) is 6.24. The van der Waals surface area contributed by atoms with Crippen molar-refractivity contribution in [1.82, 2.24) is 0 Å². The molecule has 1 amide bonds. The van der Waals surface area contributed by atoms with Crippen molar-refractivity contribution in [3.8, 4) is 0 Å². The number of nitrogens with one attached hydrogen (secondary N) is 1. The predicted octanol–water partition coefficient (Wildman–Crippen LogP) is 4.20. The van der Waals surface area contributed by atoms with E-state index in [2.05, 4.69) is 5.32 Å². The summed E-state index contributed by atoms with van der Waals surface area (Å²) in [7, 11) is 0. The Bertz CT molecular complexity index is 882. The van der Waals surface area contributed by atoms with Crippen molar-refractivity contribution in [2.45, 2.75) is 39.5 Å². The first-order valence-corrected chi connectivity index (χ1v) is 9.74. The molecule has 1 aliphatic carbocycles. The summed E-state index contributed by atoms with van der Waals surface area (Å²) in [5.41, 5.74) is 3.64. The molecule has 2 aromatic rings. The maximum atomic E-state index is 12.5. The lowest BCUT2D eigenvalue weighted by atomic mass is 9.98. The Morgan fingerprint density at radius 1 is 1.00 bits per heavy atom. The standard InChI is InChI=1S/C23H25NO4/c1-3-15-5-6-16(4-2)20(13-15)21(25)14-28-23(27)18-9-11-19(12-10-18)24-22(26)17-7-8-17/h5-6,9-13,17H,3-4,7-8,14H2,1-2H3,(H,24,26). The fourth-order valence-electron chi connectivity index (χ4n) is 2.98. The van der Waals surface area contributed by atoms with Crippen molar-refractivity contribution in [2.75, 3.05) is 11.9 Å². The minimum Gasteiger partial charge on any atom is -0.454 e. The number of ether oxygens (including phenoxy) is 1. The number of esters is 1. The van der Waals surface area contributed by atoms with Gasteiger partial charge in [-0.3, -0.25) is 9.59 Å². The number of amides is 1. The molecule has 0 aliphatic heterocycles. The van der Waals surface area contributed by atoms with Crippen LogP contribution < -0.4 is 5.32 Å². The molecule has 0 unspecified atom stereocenters. The molecule has 1 fully saturated rings. The van der Waals surface area contributed by atoms with E-state index in [-0.39, 0.29) is 24.2 Å². The highest BCUT2D eigenvalue weighted by Crippen LogP contribution is 2.30. The van der Waals surface area contributed by atoms with Gasteiger partial charge in [0.05, 0.1) is 5.56 Å². The first-order chi connectivity index (χ1) is 13.5. The van der Waals surface area contributed by atoms with Crippen LogP contribution in [0.4, 0.5) is 5.69 Å². The van der Waals surface area contributed by atoms with Crippen molar-refractivity contribution in [1.29, 1.82) is 0 Å². The van der Waals surface area contributed by atoms with Crippen LogP contribution in [0.5, 0.6) is 0 Å². The summed E-state index contributed by atoms with van der Waals surface area (Å²) in [6, 6.07) is 12.4. The average molecular weight is 379 g/mol. The maximum absolute atomic E-state index is 12.5. The van der Waals surface area contributed by atoms with Crippen molar-refractivity contribution in [2.24, 2.45) is 5.92 Å². The third-order valence-corrected chi connectivity index (χ3v) is 4.93. The summed E-state index contributed by atoms with van der Waals surface area (Å²) >= 11 is 0. The van der Waals surface area contributed by atoms with Crippen molar-refractivity contribution in [3.05, 3.63) is 64.7 Å². The number of anilines is 1. The van der Waals surface area contributed by atoms with Crippen molar-refractivity contribution < 1.29 is 19.1 Å². The van der Waals surface area contributed by atoms with Gasteiger partial charge in [0, 0.05) is 17.2 Å². The molecule has 0 saturated heterocycles. The van der Waals surface area contributed by atoms with Crippen LogP contribution in [-0.2, 0) is 22.4 Å². The summed E-state index contributed by atoms with van der Waals surface area (Å²) in [5.74, 6) is -0.622.